The summed E-state index contributed by atoms with van der Waals surface area (Å²) in [6.07, 6.45) is 4.96. The lowest BCUT2D eigenvalue weighted by Gasteiger charge is -2.31. The number of imide groups is 1. The van der Waals surface area contributed by atoms with Crippen molar-refractivity contribution in [2.24, 2.45) is 17.8 Å². The van der Waals surface area contributed by atoms with Gasteiger partial charge in [0.2, 0.25) is 11.8 Å². The fraction of sp³-hybridized carbons (Fsp3) is 0.333. The third-order valence-corrected chi connectivity index (χ3v) is 9.10. The topological polar surface area (TPSA) is 119 Å². The molecule has 46 heavy (non-hydrogen) atoms. The number of anilines is 1. The number of rotatable bonds is 11. The molecule has 3 aromatic rings. The molecule has 0 aromatic heterocycles. The van der Waals surface area contributed by atoms with Gasteiger partial charge in [0.25, 0.3) is 5.69 Å². The number of nitrogens with zero attached hydrogens (tertiary/aromatic N) is 2. The van der Waals surface area contributed by atoms with Crippen LogP contribution >= 0.6 is 0 Å². The number of hydrogen-bond acceptors (Lipinski definition) is 7. The van der Waals surface area contributed by atoms with Crippen molar-refractivity contribution < 1.29 is 33.5 Å². The highest BCUT2D eigenvalue weighted by molar-refractivity contribution is 6.22. The molecule has 4 atom stereocenters. The van der Waals surface area contributed by atoms with Crippen LogP contribution in [0.5, 0.6) is 11.5 Å². The average Bonchev–Trinajstić information content (AvgIpc) is 3.59. The second-order valence-electron chi connectivity index (χ2n) is 12.0. The maximum atomic E-state index is 14.0. The number of fused-ring (bicyclic) bond motifs is 3. The van der Waals surface area contributed by atoms with Crippen molar-refractivity contribution in [1.29, 1.82) is 0 Å². The Morgan fingerprint density at radius 1 is 1.07 bits per heavy atom. The zero-order chi connectivity index (χ0) is 32.4. The van der Waals surface area contributed by atoms with Crippen LogP contribution in [0.25, 0.3) is 6.08 Å². The molecule has 1 aliphatic carbocycles. The van der Waals surface area contributed by atoms with Crippen LogP contribution in [-0.4, -0.2) is 41.2 Å². The van der Waals surface area contributed by atoms with Gasteiger partial charge in [-0.1, -0.05) is 55.3 Å². The second-order valence-corrected chi connectivity index (χ2v) is 12.0. The van der Waals surface area contributed by atoms with E-state index in [1.807, 2.05) is 36.4 Å². The minimum Gasteiger partial charge on any atom is -0.505 e. The number of hydrogen-bond donors (Lipinski definition) is 1. The predicted octanol–water partition coefficient (Wildman–Crippen LogP) is 7.00. The largest absolute Gasteiger partial charge is 0.505 e. The van der Waals surface area contributed by atoms with Gasteiger partial charge in [-0.2, -0.15) is 0 Å². The number of phenolic OH excluding ortho intramolecular Hbond substituents is 1. The summed E-state index contributed by atoms with van der Waals surface area (Å²) in [5.74, 6) is -2.72. The highest BCUT2D eigenvalue weighted by Gasteiger charge is 2.57. The van der Waals surface area contributed by atoms with Crippen molar-refractivity contribution >= 4 is 29.3 Å². The molecule has 3 aliphatic rings. The first-order chi connectivity index (χ1) is 22.2. The summed E-state index contributed by atoms with van der Waals surface area (Å²) in [6, 6.07) is 19.3. The number of phenols is 1. The maximum absolute atomic E-state index is 14.0. The van der Waals surface area contributed by atoms with E-state index in [4.69, 9.17) is 9.47 Å². The fourth-order valence-electron chi connectivity index (χ4n) is 7.05. The number of carbonyl (C=O) groups excluding carboxylic acids is 2. The zero-order valence-electron chi connectivity index (χ0n) is 25.4. The molecule has 0 bridgehead atoms. The third-order valence-electron chi connectivity index (χ3n) is 9.10. The van der Waals surface area contributed by atoms with E-state index < -0.39 is 28.3 Å². The van der Waals surface area contributed by atoms with Crippen LogP contribution in [0.2, 0.25) is 0 Å². The lowest BCUT2D eigenvalue weighted by Crippen LogP contribution is -2.35. The van der Waals surface area contributed by atoms with Crippen LogP contribution < -0.4 is 9.64 Å². The zero-order valence-corrected chi connectivity index (χ0v) is 25.4. The smallest absolute Gasteiger partial charge is 0.271 e. The van der Waals surface area contributed by atoms with E-state index in [0.717, 1.165) is 34.5 Å². The number of benzene rings is 3. The van der Waals surface area contributed by atoms with Gasteiger partial charge in [-0.25, -0.2) is 9.29 Å². The van der Waals surface area contributed by atoms with E-state index in [9.17, 15) is 29.2 Å². The maximum Gasteiger partial charge on any atom is 0.271 e. The molecule has 2 aliphatic heterocycles. The number of non-ortho nitro benzene ring substituents is 1. The molecule has 238 valence electrons. The van der Waals surface area contributed by atoms with Crippen LogP contribution in [0.1, 0.15) is 44.6 Å². The van der Waals surface area contributed by atoms with Gasteiger partial charge >= 0.3 is 0 Å². The molecule has 2 heterocycles. The van der Waals surface area contributed by atoms with Crippen LogP contribution in [0.3, 0.4) is 0 Å². The second kappa shape index (κ2) is 13.3. The number of carbonyl (C=O) groups is 2. The molecule has 2 fully saturated rings. The van der Waals surface area contributed by atoms with Crippen LogP contribution in [0.4, 0.5) is 15.8 Å². The van der Waals surface area contributed by atoms with Gasteiger partial charge < -0.3 is 14.6 Å². The van der Waals surface area contributed by atoms with Gasteiger partial charge in [-0.15, -0.1) is 0 Å². The lowest BCUT2D eigenvalue weighted by molar-refractivity contribution is -0.384. The highest BCUT2D eigenvalue weighted by atomic mass is 19.1. The Morgan fingerprint density at radius 2 is 1.87 bits per heavy atom. The van der Waals surface area contributed by atoms with Crippen LogP contribution in [0, 0.1) is 33.7 Å². The molecule has 2 saturated heterocycles. The number of amides is 2. The van der Waals surface area contributed by atoms with Crippen LogP contribution in [0.15, 0.2) is 89.5 Å². The Balaban J connectivity index is 1.29. The Bertz CT molecular complexity index is 1720. The predicted molar refractivity (Wildman–Crippen MR) is 170 cm³/mol. The van der Waals surface area contributed by atoms with Crippen molar-refractivity contribution in [2.45, 2.75) is 45.1 Å². The van der Waals surface area contributed by atoms with Crippen molar-refractivity contribution in [2.75, 3.05) is 18.1 Å². The monoisotopic (exact) mass is 626 g/mol. The number of nitro benzene ring substituents is 1. The van der Waals surface area contributed by atoms with Gasteiger partial charge in [-0.3, -0.25) is 19.7 Å². The minimum absolute atomic E-state index is 0.192. The van der Waals surface area contributed by atoms with Crippen LogP contribution in [-0.2, 0) is 14.3 Å². The molecule has 10 heteroatoms. The molecule has 0 saturated carbocycles. The van der Waals surface area contributed by atoms with Crippen molar-refractivity contribution in [3.63, 3.8) is 0 Å². The summed E-state index contributed by atoms with van der Waals surface area (Å²) >= 11 is 0. The quantitative estimate of drug-likeness (QED) is 0.105. The molecule has 0 unspecified atom stereocenters. The van der Waals surface area contributed by atoms with E-state index in [1.165, 1.54) is 30.3 Å². The van der Waals surface area contributed by atoms with Crippen molar-refractivity contribution in [3.05, 3.63) is 111 Å². The molecular formula is C36H35FN2O7. The standard InChI is InChI=1S/C36H35FN2O7/c1-2-7-22(16-23-12-14-31(40)30(37)17-23)13-15-32-33-24(20-45-27-10-4-3-5-11-27)18-28-34(29(33)21-46-32)36(42)38(35(28)41)25-8-6-9-26(19-25)39(43)44/h3-6,8-12,14,16-17,19,28-29,32,34,40H,2,7,13,15,18,20-21H2,1H3/b22-16+/t28-,29+,32-,34-/m1/s1. The van der Waals surface area contributed by atoms with Crippen molar-refractivity contribution in [3.8, 4) is 11.5 Å². The lowest BCUT2D eigenvalue weighted by atomic mass is 9.69. The number of aromatic hydroxyl groups is 1. The number of allylic oxidation sites excluding steroid dienone is 1. The van der Waals surface area contributed by atoms with E-state index >= 15 is 0 Å². The molecule has 0 radical (unpaired) electrons. The summed E-state index contributed by atoms with van der Waals surface area (Å²) in [6.45, 7) is 2.58. The fourth-order valence-corrected chi connectivity index (χ4v) is 7.05. The first-order valence-corrected chi connectivity index (χ1v) is 15.6. The summed E-state index contributed by atoms with van der Waals surface area (Å²) in [4.78, 5) is 39.7. The summed E-state index contributed by atoms with van der Waals surface area (Å²) < 4.78 is 26.6. The van der Waals surface area contributed by atoms with Gasteiger partial charge in [-0.05, 0) is 72.7 Å². The molecule has 3 aromatic carbocycles. The summed E-state index contributed by atoms with van der Waals surface area (Å²) in [5, 5.41) is 21.0. The molecule has 9 nitrogen and oxygen atoms in total. The summed E-state index contributed by atoms with van der Waals surface area (Å²) in [5.41, 5.74) is 3.70. The number of halogens is 1. The Morgan fingerprint density at radius 3 is 2.61 bits per heavy atom. The Kier molecular flexibility index (Phi) is 8.99. The van der Waals surface area contributed by atoms with Gasteiger partial charge in [0.05, 0.1) is 35.2 Å². The summed E-state index contributed by atoms with van der Waals surface area (Å²) in [7, 11) is 0. The van der Waals surface area contributed by atoms with E-state index in [-0.39, 0.29) is 48.4 Å². The molecule has 6 rings (SSSR count). The minimum atomic E-state index is -0.675. The molecule has 0 spiro atoms. The Labute approximate surface area is 266 Å². The highest BCUT2D eigenvalue weighted by Crippen LogP contribution is 2.51. The van der Waals surface area contributed by atoms with Gasteiger partial charge in [0.1, 0.15) is 12.4 Å². The average molecular weight is 627 g/mol. The number of nitro groups is 1. The normalized spacial score (nSPS) is 22.7. The molecule has 1 N–H and O–H groups in total. The van der Waals surface area contributed by atoms with Crippen molar-refractivity contribution in [1.82, 2.24) is 0 Å². The number of ether oxygens (including phenoxy) is 2. The van der Waals surface area contributed by atoms with Gasteiger partial charge in [0, 0.05) is 18.1 Å². The number of para-hydroxylation sites is 1. The molecule has 2 amide bonds. The molecular weight excluding hydrogens is 591 g/mol. The first kappa shape index (κ1) is 31.2. The van der Waals surface area contributed by atoms with E-state index in [1.54, 1.807) is 12.1 Å². The van der Waals surface area contributed by atoms with Gasteiger partial charge in [0.15, 0.2) is 11.6 Å². The SMILES string of the molecule is CCC/C(=C\c1ccc(O)c(F)c1)CC[C@H]1OC[C@H]2C1=C(COc1ccccc1)C[C@H]1C(=O)N(c3cccc([N+](=O)[O-])c3)C(=O)[C@H]12. The Hall–Kier alpha value is -4.83. The van der Waals surface area contributed by atoms with E-state index in [2.05, 4.69) is 6.92 Å². The van der Waals surface area contributed by atoms with E-state index in [0.29, 0.717) is 30.6 Å². The first-order valence-electron chi connectivity index (χ1n) is 15.6. The third kappa shape index (κ3) is 6.17.